The molecule has 26 heavy (non-hydrogen) atoms. The van der Waals surface area contributed by atoms with E-state index in [4.69, 9.17) is 21.1 Å². The Morgan fingerprint density at radius 3 is 2.50 bits per heavy atom. The van der Waals surface area contributed by atoms with Gasteiger partial charge in [0.2, 0.25) is 0 Å². The highest BCUT2D eigenvalue weighted by Gasteiger charge is 2.32. The smallest absolute Gasteiger partial charge is 0.415 e. The van der Waals surface area contributed by atoms with E-state index in [0.29, 0.717) is 23.4 Å². The van der Waals surface area contributed by atoms with Gasteiger partial charge in [-0.1, -0.05) is 12.1 Å². The van der Waals surface area contributed by atoms with E-state index in [1.54, 1.807) is 24.3 Å². The Morgan fingerprint density at radius 1 is 1.15 bits per heavy atom. The third-order valence-corrected chi connectivity index (χ3v) is 3.77. The summed E-state index contributed by atoms with van der Waals surface area (Å²) < 4.78 is 14.4. The van der Waals surface area contributed by atoms with Crippen LogP contribution in [0.4, 0.5) is 4.79 Å². The first-order chi connectivity index (χ1) is 12.5. The van der Waals surface area contributed by atoms with Gasteiger partial charge in [-0.05, 0) is 30.5 Å². The predicted octanol–water partition coefficient (Wildman–Crippen LogP) is 1.93. The molecule has 1 N–H and O–H groups in total. The SMILES string of the molecule is O=C(CC[C@@H]1NC(=O)OC1=O)OCc1ccc(C(=O)OCCCCl)cc1. The van der Waals surface area contributed by atoms with Gasteiger partial charge >= 0.3 is 24.0 Å². The maximum absolute atomic E-state index is 11.7. The fourth-order valence-electron chi connectivity index (χ4n) is 2.12. The molecule has 1 saturated heterocycles. The fraction of sp³-hybridized carbons (Fsp3) is 0.412. The molecule has 0 bridgehead atoms. The first-order valence-electron chi connectivity index (χ1n) is 7.99. The zero-order valence-corrected chi connectivity index (χ0v) is 14.6. The number of hydrogen-bond acceptors (Lipinski definition) is 7. The quantitative estimate of drug-likeness (QED) is 0.228. The van der Waals surface area contributed by atoms with Crippen molar-refractivity contribution < 1.29 is 33.4 Å². The molecular formula is C17H18ClNO7. The Bertz CT molecular complexity index is 674. The monoisotopic (exact) mass is 383 g/mol. The minimum Gasteiger partial charge on any atom is -0.462 e. The molecule has 1 aliphatic rings. The first-order valence-corrected chi connectivity index (χ1v) is 8.53. The lowest BCUT2D eigenvalue weighted by atomic mass is 10.1. The minimum absolute atomic E-state index is 0.0296. The molecule has 0 radical (unpaired) electrons. The Balaban J connectivity index is 1.71. The third-order valence-electron chi connectivity index (χ3n) is 3.51. The van der Waals surface area contributed by atoms with E-state index in [2.05, 4.69) is 10.1 Å². The molecule has 140 valence electrons. The van der Waals surface area contributed by atoms with Crippen molar-refractivity contribution >= 4 is 35.6 Å². The summed E-state index contributed by atoms with van der Waals surface area (Å²) in [7, 11) is 0. The molecule has 1 atom stereocenters. The second kappa shape index (κ2) is 9.76. The van der Waals surface area contributed by atoms with Gasteiger partial charge < -0.3 is 19.5 Å². The summed E-state index contributed by atoms with van der Waals surface area (Å²) >= 11 is 5.51. The van der Waals surface area contributed by atoms with Crippen molar-refractivity contribution in [3.8, 4) is 0 Å². The molecule has 9 heteroatoms. The van der Waals surface area contributed by atoms with E-state index in [1.807, 2.05) is 0 Å². The van der Waals surface area contributed by atoms with Crippen LogP contribution in [0.5, 0.6) is 0 Å². The van der Waals surface area contributed by atoms with Gasteiger partial charge in [-0.15, -0.1) is 11.6 Å². The van der Waals surface area contributed by atoms with E-state index >= 15 is 0 Å². The number of cyclic esters (lactones) is 2. The Labute approximate surface area is 154 Å². The van der Waals surface area contributed by atoms with Gasteiger partial charge in [-0.2, -0.15) is 0 Å². The highest BCUT2D eigenvalue weighted by molar-refractivity contribution is 6.17. The van der Waals surface area contributed by atoms with E-state index in [-0.39, 0.29) is 26.1 Å². The number of benzene rings is 1. The largest absolute Gasteiger partial charge is 0.462 e. The highest BCUT2D eigenvalue weighted by atomic mass is 35.5. The van der Waals surface area contributed by atoms with Gasteiger partial charge in [0.25, 0.3) is 0 Å². The summed E-state index contributed by atoms with van der Waals surface area (Å²) in [5, 5.41) is 2.30. The van der Waals surface area contributed by atoms with Crippen molar-refractivity contribution in [2.24, 2.45) is 0 Å². The van der Waals surface area contributed by atoms with Crippen molar-refractivity contribution in [3.05, 3.63) is 35.4 Å². The predicted molar refractivity (Wildman–Crippen MR) is 89.5 cm³/mol. The number of carbonyl (C=O) groups is 4. The van der Waals surface area contributed by atoms with Crippen LogP contribution in [0.3, 0.4) is 0 Å². The lowest BCUT2D eigenvalue weighted by molar-refractivity contribution is -0.145. The van der Waals surface area contributed by atoms with Gasteiger partial charge in [0, 0.05) is 12.3 Å². The van der Waals surface area contributed by atoms with Crippen LogP contribution in [-0.2, 0) is 30.4 Å². The number of rotatable bonds is 9. The van der Waals surface area contributed by atoms with Crippen molar-refractivity contribution in [2.45, 2.75) is 31.9 Å². The maximum atomic E-state index is 11.7. The van der Waals surface area contributed by atoms with E-state index < -0.39 is 30.0 Å². The van der Waals surface area contributed by atoms with Gasteiger partial charge in [0.15, 0.2) is 0 Å². The van der Waals surface area contributed by atoms with Crippen LogP contribution in [0.25, 0.3) is 0 Å². The minimum atomic E-state index is -0.820. The average Bonchev–Trinajstić information content (AvgIpc) is 2.96. The molecule has 2 rings (SSSR count). The van der Waals surface area contributed by atoms with Gasteiger partial charge in [0.05, 0.1) is 12.2 Å². The summed E-state index contributed by atoms with van der Waals surface area (Å²) in [5.74, 6) is -1.23. The molecule has 0 saturated carbocycles. The van der Waals surface area contributed by atoms with Crippen LogP contribution in [0.2, 0.25) is 0 Å². The summed E-state index contributed by atoms with van der Waals surface area (Å²) in [6, 6.07) is 5.64. The maximum Gasteiger partial charge on any atom is 0.415 e. The summed E-state index contributed by atoms with van der Waals surface area (Å²) in [6.45, 7) is 0.290. The molecule has 0 aromatic heterocycles. The second-order valence-electron chi connectivity index (χ2n) is 5.48. The van der Waals surface area contributed by atoms with E-state index in [0.717, 1.165) is 0 Å². The molecule has 0 aliphatic carbocycles. The number of hydrogen-bond donors (Lipinski definition) is 1. The van der Waals surface area contributed by atoms with Crippen LogP contribution < -0.4 is 5.32 Å². The highest BCUT2D eigenvalue weighted by Crippen LogP contribution is 2.10. The lowest BCUT2D eigenvalue weighted by Crippen LogP contribution is -2.29. The number of halogens is 1. The van der Waals surface area contributed by atoms with Crippen LogP contribution >= 0.6 is 11.6 Å². The normalized spacial score (nSPS) is 16.0. The molecule has 1 fully saturated rings. The Hall–Kier alpha value is -2.61. The first kappa shape index (κ1) is 19.7. The molecule has 0 spiro atoms. The second-order valence-corrected chi connectivity index (χ2v) is 5.86. The number of alkyl carbamates (subject to hydrolysis) is 1. The fourth-order valence-corrected chi connectivity index (χ4v) is 2.23. The van der Waals surface area contributed by atoms with E-state index in [1.165, 1.54) is 0 Å². The standard InChI is InChI=1S/C17H18ClNO7/c18-8-1-9-24-15(21)12-4-2-11(3-5-12)10-25-14(20)7-6-13-16(22)26-17(23)19-13/h2-5,13H,1,6-10H2,(H,19,23)/t13-/m0/s1. The topological polar surface area (TPSA) is 108 Å². The number of nitrogens with one attached hydrogen (secondary N) is 1. The molecule has 1 heterocycles. The Kier molecular flexibility index (Phi) is 7.40. The molecular weight excluding hydrogens is 366 g/mol. The number of esters is 3. The van der Waals surface area contributed by atoms with Gasteiger partial charge in [-0.3, -0.25) is 4.79 Å². The van der Waals surface area contributed by atoms with Crippen molar-refractivity contribution in [3.63, 3.8) is 0 Å². The average molecular weight is 384 g/mol. The lowest BCUT2D eigenvalue weighted by Gasteiger charge is -2.08. The van der Waals surface area contributed by atoms with Gasteiger partial charge in [0.1, 0.15) is 12.6 Å². The molecule has 1 amide bonds. The molecule has 1 aliphatic heterocycles. The van der Waals surface area contributed by atoms with Crippen LogP contribution in [0.15, 0.2) is 24.3 Å². The zero-order chi connectivity index (χ0) is 18.9. The van der Waals surface area contributed by atoms with Crippen LogP contribution in [-0.4, -0.2) is 42.5 Å². The number of carbonyl (C=O) groups excluding carboxylic acids is 4. The number of ether oxygens (including phenoxy) is 3. The summed E-state index contributed by atoms with van der Waals surface area (Å²) in [4.78, 5) is 45.6. The van der Waals surface area contributed by atoms with Gasteiger partial charge in [-0.25, -0.2) is 14.4 Å². The molecule has 1 aromatic carbocycles. The summed E-state index contributed by atoms with van der Waals surface area (Å²) in [5.41, 5.74) is 1.09. The molecule has 0 unspecified atom stereocenters. The van der Waals surface area contributed by atoms with Crippen LogP contribution in [0, 0.1) is 0 Å². The number of alkyl halides is 1. The third kappa shape index (κ3) is 6.03. The summed E-state index contributed by atoms with van der Waals surface area (Å²) in [6.07, 6.45) is -0.153. The van der Waals surface area contributed by atoms with Crippen molar-refractivity contribution in [1.29, 1.82) is 0 Å². The number of amides is 1. The zero-order valence-electron chi connectivity index (χ0n) is 13.9. The van der Waals surface area contributed by atoms with Crippen molar-refractivity contribution in [1.82, 2.24) is 5.32 Å². The molecule has 8 nitrogen and oxygen atoms in total. The van der Waals surface area contributed by atoms with Crippen molar-refractivity contribution in [2.75, 3.05) is 12.5 Å². The van der Waals surface area contributed by atoms with E-state index in [9.17, 15) is 19.2 Å². The molecule has 1 aromatic rings. The Morgan fingerprint density at radius 2 is 1.88 bits per heavy atom. The van der Waals surface area contributed by atoms with Crippen LogP contribution in [0.1, 0.15) is 35.2 Å².